The summed E-state index contributed by atoms with van der Waals surface area (Å²) >= 11 is 13.9. The van der Waals surface area contributed by atoms with Gasteiger partial charge >= 0.3 is 0 Å². The predicted octanol–water partition coefficient (Wildman–Crippen LogP) is 4.80. The van der Waals surface area contributed by atoms with E-state index in [4.69, 9.17) is 27.9 Å². The number of alkyl halides is 2. The van der Waals surface area contributed by atoms with Crippen molar-refractivity contribution in [3.63, 3.8) is 0 Å². The van der Waals surface area contributed by atoms with E-state index in [0.29, 0.717) is 5.92 Å². The van der Waals surface area contributed by atoms with Gasteiger partial charge in [0.1, 0.15) is 6.10 Å². The van der Waals surface area contributed by atoms with E-state index in [-0.39, 0.29) is 28.0 Å². The number of carbonyl (C=O) groups is 1. The molecular formula is C16H22Cl2O2S. The van der Waals surface area contributed by atoms with Crippen LogP contribution in [0, 0.1) is 22.7 Å². The van der Waals surface area contributed by atoms with Gasteiger partial charge in [-0.3, -0.25) is 4.79 Å². The first-order valence-electron chi connectivity index (χ1n) is 7.59. The van der Waals surface area contributed by atoms with Gasteiger partial charge in [-0.1, -0.05) is 55.7 Å². The fourth-order valence-electron chi connectivity index (χ4n) is 4.39. The van der Waals surface area contributed by atoms with Crippen molar-refractivity contribution in [3.05, 3.63) is 12.3 Å². The molecule has 1 spiro atoms. The van der Waals surface area contributed by atoms with Gasteiger partial charge in [-0.25, -0.2) is 0 Å². The molecule has 2 aliphatic carbocycles. The highest BCUT2D eigenvalue weighted by Gasteiger charge is 2.65. The van der Waals surface area contributed by atoms with Gasteiger partial charge < -0.3 is 4.74 Å². The lowest BCUT2D eigenvalue weighted by Crippen LogP contribution is -2.43. The van der Waals surface area contributed by atoms with Crippen molar-refractivity contribution in [1.82, 2.24) is 0 Å². The minimum absolute atomic E-state index is 0.0484. The molecule has 1 heterocycles. The third kappa shape index (κ3) is 2.18. The third-order valence-corrected chi connectivity index (χ3v) is 8.77. The first-order chi connectivity index (χ1) is 9.72. The smallest absolute Gasteiger partial charge is 0.225 e. The van der Waals surface area contributed by atoms with Crippen LogP contribution in [0.3, 0.4) is 0 Å². The summed E-state index contributed by atoms with van der Waals surface area (Å²) in [6.45, 7) is 6.50. The van der Waals surface area contributed by atoms with E-state index >= 15 is 0 Å². The number of allylic oxidation sites excluding steroid dienone is 1. The first kappa shape index (κ1) is 16.0. The second kappa shape index (κ2) is 5.07. The van der Waals surface area contributed by atoms with Gasteiger partial charge in [-0.15, -0.1) is 0 Å². The molecule has 5 heteroatoms. The van der Waals surface area contributed by atoms with Crippen LogP contribution in [0.25, 0.3) is 0 Å². The Kier molecular flexibility index (Phi) is 3.87. The second-order valence-corrected chi connectivity index (χ2v) is 9.62. The van der Waals surface area contributed by atoms with Crippen LogP contribution in [-0.2, 0) is 9.53 Å². The van der Waals surface area contributed by atoms with Crippen LogP contribution >= 0.6 is 35.0 Å². The number of thioether (sulfide) groups is 1. The van der Waals surface area contributed by atoms with Gasteiger partial charge in [0, 0.05) is 17.1 Å². The molecule has 2 fully saturated rings. The minimum atomic E-state index is -1.38. The highest BCUT2D eigenvalue weighted by molar-refractivity contribution is 8.14. The maximum atomic E-state index is 12.5. The molecule has 3 aliphatic rings. The number of ether oxygens (including phenoxy) is 1. The molecule has 2 saturated carbocycles. The average molecular weight is 349 g/mol. The van der Waals surface area contributed by atoms with E-state index < -0.39 is 4.33 Å². The lowest BCUT2D eigenvalue weighted by molar-refractivity contribution is -0.112. The Bertz CT molecular complexity index is 489. The van der Waals surface area contributed by atoms with Gasteiger partial charge in [0.2, 0.25) is 5.12 Å². The SMILES string of the molecule is C[C@@H]1/C=C\O[C@@H]2C[C@H]3CC[C@]2(CSC(=O)C1(Cl)Cl)C3(C)C. The van der Waals surface area contributed by atoms with Crippen molar-refractivity contribution in [2.45, 2.75) is 50.5 Å². The summed E-state index contributed by atoms with van der Waals surface area (Å²) in [6, 6.07) is 0. The molecule has 0 aromatic rings. The number of rotatable bonds is 0. The maximum Gasteiger partial charge on any atom is 0.225 e. The molecule has 3 rings (SSSR count). The van der Waals surface area contributed by atoms with Crippen LogP contribution in [0.5, 0.6) is 0 Å². The summed E-state index contributed by atoms with van der Waals surface area (Å²) in [7, 11) is 0. The van der Waals surface area contributed by atoms with Crippen LogP contribution in [0.4, 0.5) is 0 Å². The molecule has 0 saturated heterocycles. The molecule has 2 nitrogen and oxygen atoms in total. The monoisotopic (exact) mass is 348 g/mol. The molecule has 4 atom stereocenters. The van der Waals surface area contributed by atoms with E-state index in [1.165, 1.54) is 18.2 Å². The molecule has 0 radical (unpaired) electrons. The summed E-state index contributed by atoms with van der Waals surface area (Å²) in [4.78, 5) is 12.5. The van der Waals surface area contributed by atoms with Gasteiger partial charge in [0.25, 0.3) is 0 Å². The number of halogens is 2. The van der Waals surface area contributed by atoms with Crippen LogP contribution < -0.4 is 0 Å². The molecule has 21 heavy (non-hydrogen) atoms. The zero-order valence-corrected chi connectivity index (χ0v) is 15.0. The van der Waals surface area contributed by atoms with Crippen LogP contribution in [-0.4, -0.2) is 21.3 Å². The molecule has 0 amide bonds. The Labute approximate surface area is 141 Å². The zero-order chi connectivity index (χ0) is 15.5. The molecular weight excluding hydrogens is 327 g/mol. The first-order valence-corrected chi connectivity index (χ1v) is 9.33. The zero-order valence-electron chi connectivity index (χ0n) is 12.7. The second-order valence-electron chi connectivity index (χ2n) is 7.29. The number of hydrogen-bond acceptors (Lipinski definition) is 3. The number of fused-ring (bicyclic) bond motifs is 1. The fraction of sp³-hybridized carbons (Fsp3) is 0.812. The van der Waals surface area contributed by atoms with E-state index in [1.807, 2.05) is 13.0 Å². The van der Waals surface area contributed by atoms with Gasteiger partial charge in [0.15, 0.2) is 4.33 Å². The summed E-state index contributed by atoms with van der Waals surface area (Å²) in [5.41, 5.74) is 0.248. The minimum Gasteiger partial charge on any atom is -0.498 e. The Hall–Kier alpha value is 0.140. The standard InChI is InChI=1S/C16H22Cl2O2S/c1-10-5-7-20-12-8-11-4-6-15(12,14(11,2)3)9-21-13(19)16(10,17)18/h5,7,10-12H,4,6,8-9H2,1-3H3/b7-5-/t10-,11-,12-,15-/m1/s1. The molecule has 0 unspecified atom stereocenters. The quantitative estimate of drug-likeness (QED) is 0.588. The maximum absolute atomic E-state index is 12.5. The predicted molar refractivity (Wildman–Crippen MR) is 88.6 cm³/mol. The Morgan fingerprint density at radius 2 is 2.10 bits per heavy atom. The van der Waals surface area contributed by atoms with Crippen molar-refractivity contribution in [1.29, 1.82) is 0 Å². The average Bonchev–Trinajstić information content (AvgIpc) is 2.78. The fourth-order valence-corrected chi connectivity index (χ4v) is 6.33. The van der Waals surface area contributed by atoms with Crippen molar-refractivity contribution < 1.29 is 9.53 Å². The number of carbonyl (C=O) groups excluding carboxylic acids is 1. The highest BCUT2D eigenvalue weighted by atomic mass is 35.5. The molecule has 0 N–H and O–H groups in total. The van der Waals surface area contributed by atoms with Gasteiger partial charge in [0.05, 0.1) is 6.26 Å². The summed E-state index contributed by atoms with van der Waals surface area (Å²) in [5.74, 6) is 1.17. The van der Waals surface area contributed by atoms with Gasteiger partial charge in [-0.2, -0.15) is 0 Å². The van der Waals surface area contributed by atoms with Gasteiger partial charge in [-0.05, 0) is 36.7 Å². The third-order valence-electron chi connectivity index (χ3n) is 6.27. The molecule has 2 bridgehead atoms. The highest BCUT2D eigenvalue weighted by Crippen LogP contribution is 2.67. The Balaban J connectivity index is 1.95. The molecule has 0 aromatic carbocycles. The summed E-state index contributed by atoms with van der Waals surface area (Å²) < 4.78 is 4.70. The van der Waals surface area contributed by atoms with Crippen LogP contribution in [0.15, 0.2) is 12.3 Å². The molecule has 118 valence electrons. The van der Waals surface area contributed by atoms with Crippen molar-refractivity contribution in [2.75, 3.05) is 5.75 Å². The van der Waals surface area contributed by atoms with E-state index in [2.05, 4.69) is 13.8 Å². The largest absolute Gasteiger partial charge is 0.498 e. The molecule has 1 aliphatic heterocycles. The van der Waals surface area contributed by atoms with E-state index in [9.17, 15) is 4.79 Å². The van der Waals surface area contributed by atoms with Crippen molar-refractivity contribution >= 4 is 40.1 Å². The Morgan fingerprint density at radius 3 is 2.76 bits per heavy atom. The molecule has 0 aromatic heterocycles. The summed E-state index contributed by atoms with van der Waals surface area (Å²) in [5, 5.41) is -0.135. The van der Waals surface area contributed by atoms with Crippen molar-refractivity contribution in [3.8, 4) is 0 Å². The lowest BCUT2D eigenvalue weighted by atomic mass is 9.69. The Morgan fingerprint density at radius 1 is 1.38 bits per heavy atom. The van der Waals surface area contributed by atoms with E-state index in [0.717, 1.165) is 18.6 Å². The van der Waals surface area contributed by atoms with Crippen LogP contribution in [0.2, 0.25) is 0 Å². The summed E-state index contributed by atoms with van der Waals surface area (Å²) in [6.07, 6.45) is 7.18. The topological polar surface area (TPSA) is 26.3 Å². The van der Waals surface area contributed by atoms with Crippen molar-refractivity contribution in [2.24, 2.45) is 22.7 Å². The van der Waals surface area contributed by atoms with E-state index in [1.54, 1.807) is 6.26 Å². The number of hydrogen-bond donors (Lipinski definition) is 0. The lowest BCUT2D eigenvalue weighted by Gasteiger charge is -2.42. The normalized spacial score (nSPS) is 45.8. The van der Waals surface area contributed by atoms with Crippen LogP contribution in [0.1, 0.15) is 40.0 Å².